The van der Waals surface area contributed by atoms with Crippen molar-refractivity contribution in [1.82, 2.24) is 9.97 Å². The summed E-state index contributed by atoms with van der Waals surface area (Å²) in [5, 5.41) is 5.88. The van der Waals surface area contributed by atoms with Crippen LogP contribution in [0.4, 0.5) is 5.69 Å². The number of fused-ring (bicyclic) bond motifs is 1. The molecular weight excluding hydrogens is 366 g/mol. The molecule has 1 N–H and O–H groups in total. The molecule has 0 aliphatic heterocycles. The first-order valence-corrected chi connectivity index (χ1v) is 9.72. The summed E-state index contributed by atoms with van der Waals surface area (Å²) in [6, 6.07) is 12.8. The average molecular weight is 381 g/mol. The Balaban J connectivity index is 1.41. The molecular formula is C19H15N3O2S2. The lowest BCUT2D eigenvalue weighted by Crippen LogP contribution is -2.11. The van der Waals surface area contributed by atoms with Crippen LogP contribution in [0, 0.1) is 6.92 Å². The Kier molecular flexibility index (Phi) is 4.64. The van der Waals surface area contributed by atoms with E-state index in [4.69, 9.17) is 4.74 Å². The number of aromatic nitrogens is 2. The van der Waals surface area contributed by atoms with E-state index in [1.807, 2.05) is 30.5 Å². The van der Waals surface area contributed by atoms with E-state index < -0.39 is 0 Å². The molecule has 0 aliphatic rings. The minimum Gasteiger partial charge on any atom is -0.487 e. The number of thiazole rings is 2. The van der Waals surface area contributed by atoms with Crippen LogP contribution in [0.2, 0.25) is 0 Å². The molecule has 0 saturated carbocycles. The Morgan fingerprint density at radius 2 is 2.04 bits per heavy atom. The van der Waals surface area contributed by atoms with Crippen molar-refractivity contribution in [3.63, 3.8) is 0 Å². The summed E-state index contributed by atoms with van der Waals surface area (Å²) in [7, 11) is 0. The molecule has 0 aliphatic carbocycles. The van der Waals surface area contributed by atoms with Gasteiger partial charge < -0.3 is 10.1 Å². The zero-order valence-corrected chi connectivity index (χ0v) is 15.6. The first-order valence-electron chi connectivity index (χ1n) is 7.96. The summed E-state index contributed by atoms with van der Waals surface area (Å²) in [4.78, 5) is 21.0. The Labute approximate surface area is 158 Å². The maximum absolute atomic E-state index is 12.4. The van der Waals surface area contributed by atoms with Crippen molar-refractivity contribution in [3.8, 4) is 5.75 Å². The Bertz CT molecular complexity index is 1040. The van der Waals surface area contributed by atoms with Crippen molar-refractivity contribution in [1.29, 1.82) is 0 Å². The average Bonchev–Trinajstić information content (AvgIpc) is 3.28. The molecule has 0 fully saturated rings. The molecule has 0 unspecified atom stereocenters. The van der Waals surface area contributed by atoms with Crippen LogP contribution in [0.1, 0.15) is 21.1 Å². The number of nitrogens with one attached hydrogen (secondary N) is 1. The third kappa shape index (κ3) is 3.74. The van der Waals surface area contributed by atoms with Crippen LogP contribution >= 0.6 is 22.7 Å². The van der Waals surface area contributed by atoms with Gasteiger partial charge in [0.1, 0.15) is 12.4 Å². The molecule has 2 aromatic heterocycles. The molecule has 26 heavy (non-hydrogen) atoms. The number of hydrogen-bond acceptors (Lipinski definition) is 6. The lowest BCUT2D eigenvalue weighted by atomic mass is 10.2. The molecule has 2 aromatic carbocycles. The Hall–Kier alpha value is -2.77. The van der Waals surface area contributed by atoms with Crippen molar-refractivity contribution < 1.29 is 9.53 Å². The quantitative estimate of drug-likeness (QED) is 0.534. The van der Waals surface area contributed by atoms with Gasteiger partial charge in [0.25, 0.3) is 5.91 Å². The smallest absolute Gasteiger partial charge is 0.255 e. The molecule has 1 amide bonds. The van der Waals surface area contributed by atoms with Crippen molar-refractivity contribution >= 4 is 44.5 Å². The van der Waals surface area contributed by atoms with Crippen LogP contribution in [0.15, 0.2) is 53.4 Å². The van der Waals surface area contributed by atoms with Crippen molar-refractivity contribution in [2.45, 2.75) is 13.5 Å². The molecule has 0 atom stereocenters. The minimum atomic E-state index is -0.156. The van der Waals surface area contributed by atoms with Gasteiger partial charge in [-0.1, -0.05) is 0 Å². The fourth-order valence-corrected chi connectivity index (χ4v) is 3.90. The summed E-state index contributed by atoms with van der Waals surface area (Å²) in [6.07, 6.45) is 0. The van der Waals surface area contributed by atoms with Gasteiger partial charge in [-0.3, -0.25) is 4.79 Å². The number of rotatable bonds is 5. The third-order valence-electron chi connectivity index (χ3n) is 3.74. The molecule has 5 nitrogen and oxygen atoms in total. The van der Waals surface area contributed by atoms with Gasteiger partial charge in [-0.25, -0.2) is 9.97 Å². The number of anilines is 1. The highest BCUT2D eigenvalue weighted by Gasteiger charge is 2.08. The highest BCUT2D eigenvalue weighted by atomic mass is 32.1. The van der Waals surface area contributed by atoms with Gasteiger partial charge in [-0.15, -0.1) is 22.7 Å². The van der Waals surface area contributed by atoms with Crippen molar-refractivity contribution in [2.75, 3.05) is 5.32 Å². The van der Waals surface area contributed by atoms with Crippen molar-refractivity contribution in [2.24, 2.45) is 0 Å². The van der Waals surface area contributed by atoms with Crippen LogP contribution in [0.5, 0.6) is 5.75 Å². The molecule has 7 heteroatoms. The van der Waals surface area contributed by atoms with Crippen molar-refractivity contribution in [3.05, 3.63) is 69.6 Å². The van der Waals surface area contributed by atoms with Crippen LogP contribution in [0.3, 0.4) is 0 Å². The topological polar surface area (TPSA) is 64.1 Å². The van der Waals surface area contributed by atoms with Gasteiger partial charge in [0, 0.05) is 16.6 Å². The standard InChI is InChI=1S/C19H15N3O2S2/c1-12-21-17-7-4-14(8-18(17)26-12)22-19(23)13-2-5-16(6-3-13)24-9-15-10-25-11-20-15/h2-8,10-11H,9H2,1H3,(H,22,23). The fourth-order valence-electron chi connectivity index (χ4n) is 2.49. The number of hydrogen-bond donors (Lipinski definition) is 1. The molecule has 0 radical (unpaired) electrons. The van der Waals surface area contributed by atoms with Gasteiger partial charge in [0.2, 0.25) is 0 Å². The minimum absolute atomic E-state index is 0.156. The summed E-state index contributed by atoms with van der Waals surface area (Å²) in [5.41, 5.74) is 4.95. The highest BCUT2D eigenvalue weighted by molar-refractivity contribution is 7.18. The van der Waals surface area contributed by atoms with Gasteiger partial charge >= 0.3 is 0 Å². The monoisotopic (exact) mass is 381 g/mol. The lowest BCUT2D eigenvalue weighted by molar-refractivity contribution is 0.102. The number of carbonyl (C=O) groups excluding carboxylic acids is 1. The predicted molar refractivity (Wildman–Crippen MR) is 105 cm³/mol. The first kappa shape index (κ1) is 16.7. The second-order valence-electron chi connectivity index (χ2n) is 5.66. The fraction of sp³-hybridized carbons (Fsp3) is 0.105. The van der Waals surface area contributed by atoms with E-state index in [0.29, 0.717) is 17.9 Å². The highest BCUT2D eigenvalue weighted by Crippen LogP contribution is 2.25. The first-order chi connectivity index (χ1) is 12.7. The summed E-state index contributed by atoms with van der Waals surface area (Å²) < 4.78 is 6.72. The van der Waals surface area contributed by atoms with Crippen LogP contribution in [-0.2, 0) is 6.61 Å². The van der Waals surface area contributed by atoms with E-state index in [0.717, 1.165) is 26.6 Å². The van der Waals surface area contributed by atoms with E-state index >= 15 is 0 Å². The maximum Gasteiger partial charge on any atom is 0.255 e. The number of carbonyl (C=O) groups is 1. The third-order valence-corrected chi connectivity index (χ3v) is 5.31. The van der Waals surface area contributed by atoms with Gasteiger partial charge in [-0.2, -0.15) is 0 Å². The summed E-state index contributed by atoms with van der Waals surface area (Å²) in [6.45, 7) is 2.39. The molecule has 130 valence electrons. The SMILES string of the molecule is Cc1nc2ccc(NC(=O)c3ccc(OCc4cscn4)cc3)cc2s1. The van der Waals surface area contributed by atoms with Gasteiger partial charge in [0.15, 0.2) is 0 Å². The number of ether oxygens (including phenoxy) is 1. The number of nitrogens with zero attached hydrogens (tertiary/aromatic N) is 2. The molecule has 4 rings (SSSR count). The summed E-state index contributed by atoms with van der Waals surface area (Å²) in [5.74, 6) is 0.549. The number of benzene rings is 2. The second-order valence-corrected chi connectivity index (χ2v) is 7.62. The summed E-state index contributed by atoms with van der Waals surface area (Å²) >= 11 is 3.15. The van der Waals surface area contributed by atoms with E-state index in [1.165, 1.54) is 11.3 Å². The molecule has 0 spiro atoms. The van der Waals surface area contributed by atoms with Gasteiger partial charge in [-0.05, 0) is 49.4 Å². The van der Waals surface area contributed by atoms with Crippen LogP contribution in [-0.4, -0.2) is 15.9 Å². The number of aryl methyl sites for hydroxylation is 1. The largest absolute Gasteiger partial charge is 0.487 e. The maximum atomic E-state index is 12.4. The zero-order valence-electron chi connectivity index (χ0n) is 13.9. The Morgan fingerprint density at radius 3 is 2.81 bits per heavy atom. The predicted octanol–water partition coefficient (Wildman–Crippen LogP) is 4.89. The molecule has 0 saturated heterocycles. The Morgan fingerprint density at radius 1 is 1.19 bits per heavy atom. The second kappa shape index (κ2) is 7.23. The zero-order chi connectivity index (χ0) is 17.9. The van der Waals surface area contributed by atoms with Crippen LogP contribution in [0.25, 0.3) is 10.2 Å². The van der Waals surface area contributed by atoms with E-state index in [2.05, 4.69) is 15.3 Å². The normalized spacial score (nSPS) is 10.8. The molecule has 2 heterocycles. The van der Waals surface area contributed by atoms with Gasteiger partial charge in [0.05, 0.1) is 26.4 Å². The van der Waals surface area contributed by atoms with E-state index in [-0.39, 0.29) is 5.91 Å². The molecule has 4 aromatic rings. The molecule has 0 bridgehead atoms. The van der Waals surface area contributed by atoms with E-state index in [1.54, 1.807) is 41.1 Å². The lowest BCUT2D eigenvalue weighted by Gasteiger charge is -2.07. The number of amides is 1. The van der Waals surface area contributed by atoms with E-state index in [9.17, 15) is 4.79 Å². The van der Waals surface area contributed by atoms with Crippen LogP contribution < -0.4 is 10.1 Å².